The number of anilines is 1. The second-order valence-electron chi connectivity index (χ2n) is 4.34. The number of rotatable bonds is 4. The third-order valence-corrected chi connectivity index (χ3v) is 3.82. The van der Waals surface area contributed by atoms with Crippen molar-refractivity contribution in [2.45, 2.75) is 11.8 Å². The minimum Gasteiger partial charge on any atom is -0.496 e. The average molecular weight is 287 g/mol. The lowest BCUT2D eigenvalue weighted by atomic mass is 10.1. The van der Waals surface area contributed by atoms with Crippen LogP contribution in [0.3, 0.4) is 0 Å². The van der Waals surface area contributed by atoms with Crippen LogP contribution in [0.2, 0.25) is 0 Å². The Morgan fingerprint density at radius 1 is 1.20 bits per heavy atom. The van der Waals surface area contributed by atoms with Crippen LogP contribution < -0.4 is 10.1 Å². The lowest BCUT2D eigenvalue weighted by molar-refractivity contribution is 0.102. The van der Waals surface area contributed by atoms with E-state index in [1.807, 2.05) is 43.5 Å². The maximum absolute atomic E-state index is 12.3. The summed E-state index contributed by atoms with van der Waals surface area (Å²) in [6.45, 7) is 1.95. The fourth-order valence-electron chi connectivity index (χ4n) is 1.90. The summed E-state index contributed by atoms with van der Waals surface area (Å²) in [5.41, 5.74) is 2.42. The first-order valence-corrected chi connectivity index (χ1v) is 7.47. The zero-order valence-corrected chi connectivity index (χ0v) is 12.6. The van der Waals surface area contributed by atoms with Gasteiger partial charge in [0.1, 0.15) is 5.75 Å². The van der Waals surface area contributed by atoms with Crippen molar-refractivity contribution in [2.75, 3.05) is 18.7 Å². The minimum atomic E-state index is -0.134. The quantitative estimate of drug-likeness (QED) is 0.864. The summed E-state index contributed by atoms with van der Waals surface area (Å²) in [6.07, 6.45) is 1.99. The third-order valence-electron chi connectivity index (χ3n) is 3.03. The zero-order chi connectivity index (χ0) is 14.5. The van der Waals surface area contributed by atoms with E-state index in [2.05, 4.69) is 5.32 Å². The highest BCUT2D eigenvalue weighted by molar-refractivity contribution is 7.98. The summed E-state index contributed by atoms with van der Waals surface area (Å²) in [6, 6.07) is 13.2. The molecule has 0 unspecified atom stereocenters. The van der Waals surface area contributed by atoms with Gasteiger partial charge in [-0.25, -0.2) is 0 Å². The molecule has 0 heterocycles. The third kappa shape index (κ3) is 3.14. The maximum Gasteiger partial charge on any atom is 0.255 e. The summed E-state index contributed by atoms with van der Waals surface area (Å²) in [7, 11) is 1.60. The van der Waals surface area contributed by atoms with Crippen LogP contribution >= 0.6 is 11.8 Å². The van der Waals surface area contributed by atoms with E-state index < -0.39 is 0 Å². The number of aryl methyl sites for hydroxylation is 1. The average Bonchev–Trinajstić information content (AvgIpc) is 2.48. The van der Waals surface area contributed by atoms with Gasteiger partial charge in [0, 0.05) is 10.5 Å². The molecule has 0 spiro atoms. The van der Waals surface area contributed by atoms with E-state index in [9.17, 15) is 4.79 Å². The lowest BCUT2D eigenvalue weighted by Gasteiger charge is -2.11. The number of carbonyl (C=O) groups is 1. The maximum atomic E-state index is 12.3. The highest BCUT2D eigenvalue weighted by atomic mass is 32.2. The predicted molar refractivity (Wildman–Crippen MR) is 83.9 cm³/mol. The fraction of sp³-hybridized carbons (Fsp3) is 0.188. The van der Waals surface area contributed by atoms with Crippen molar-refractivity contribution in [2.24, 2.45) is 0 Å². The summed E-state index contributed by atoms with van der Waals surface area (Å²) in [5.74, 6) is 0.584. The first kappa shape index (κ1) is 14.5. The fourth-order valence-corrected chi connectivity index (χ4v) is 2.46. The van der Waals surface area contributed by atoms with Crippen molar-refractivity contribution in [1.29, 1.82) is 0 Å². The van der Waals surface area contributed by atoms with Gasteiger partial charge in [0.15, 0.2) is 0 Å². The van der Waals surface area contributed by atoms with E-state index >= 15 is 0 Å². The molecule has 1 N–H and O–H groups in total. The molecular weight excluding hydrogens is 270 g/mol. The van der Waals surface area contributed by atoms with Crippen LogP contribution in [0.1, 0.15) is 15.9 Å². The Balaban J connectivity index is 2.24. The number of methoxy groups -OCH3 is 1. The molecule has 0 fully saturated rings. The van der Waals surface area contributed by atoms with E-state index in [4.69, 9.17) is 4.74 Å². The number of amides is 1. The second-order valence-corrected chi connectivity index (χ2v) is 5.19. The van der Waals surface area contributed by atoms with E-state index in [1.165, 1.54) is 0 Å². The van der Waals surface area contributed by atoms with Gasteiger partial charge in [-0.05, 0) is 43.0 Å². The van der Waals surface area contributed by atoms with Crippen molar-refractivity contribution in [1.82, 2.24) is 0 Å². The molecule has 3 nitrogen and oxygen atoms in total. The van der Waals surface area contributed by atoms with Gasteiger partial charge in [-0.15, -0.1) is 11.8 Å². The molecule has 0 aromatic heterocycles. The molecular formula is C16H17NO2S. The second kappa shape index (κ2) is 6.48. The molecule has 1 amide bonds. The molecule has 2 aromatic rings. The van der Waals surface area contributed by atoms with Crippen LogP contribution in [-0.4, -0.2) is 19.3 Å². The van der Waals surface area contributed by atoms with E-state index in [0.29, 0.717) is 5.56 Å². The van der Waals surface area contributed by atoms with Gasteiger partial charge in [0.2, 0.25) is 0 Å². The Labute approximate surface area is 123 Å². The summed E-state index contributed by atoms with van der Waals surface area (Å²) >= 11 is 1.60. The summed E-state index contributed by atoms with van der Waals surface area (Å²) < 4.78 is 5.25. The van der Waals surface area contributed by atoms with Crippen molar-refractivity contribution in [3.63, 3.8) is 0 Å². The van der Waals surface area contributed by atoms with Crippen LogP contribution in [0.15, 0.2) is 47.4 Å². The summed E-state index contributed by atoms with van der Waals surface area (Å²) in [4.78, 5) is 13.3. The molecule has 0 aliphatic carbocycles. The molecule has 20 heavy (non-hydrogen) atoms. The van der Waals surface area contributed by atoms with Crippen LogP contribution in [0.5, 0.6) is 5.75 Å². The molecule has 0 aliphatic heterocycles. The lowest BCUT2D eigenvalue weighted by Crippen LogP contribution is -2.12. The number of ether oxygens (including phenoxy) is 1. The Morgan fingerprint density at radius 3 is 2.65 bits per heavy atom. The monoisotopic (exact) mass is 287 g/mol. The Bertz CT molecular complexity index is 626. The van der Waals surface area contributed by atoms with Gasteiger partial charge in [-0.1, -0.05) is 18.2 Å². The number of hydrogen-bond acceptors (Lipinski definition) is 3. The molecule has 2 rings (SSSR count). The van der Waals surface area contributed by atoms with E-state index in [-0.39, 0.29) is 5.91 Å². The molecule has 0 atom stereocenters. The first-order chi connectivity index (χ1) is 9.65. The van der Waals surface area contributed by atoms with Gasteiger partial charge in [-0.2, -0.15) is 0 Å². The van der Waals surface area contributed by atoms with Crippen LogP contribution in [0.25, 0.3) is 0 Å². The molecule has 4 heteroatoms. The van der Waals surface area contributed by atoms with Crippen LogP contribution in [0, 0.1) is 6.92 Å². The van der Waals surface area contributed by atoms with Crippen molar-refractivity contribution in [3.05, 3.63) is 53.6 Å². The van der Waals surface area contributed by atoms with Gasteiger partial charge in [0.25, 0.3) is 5.91 Å². The van der Waals surface area contributed by atoms with Crippen LogP contribution in [0.4, 0.5) is 5.69 Å². The number of carbonyl (C=O) groups excluding carboxylic acids is 1. The number of hydrogen-bond donors (Lipinski definition) is 1. The summed E-state index contributed by atoms with van der Waals surface area (Å²) in [5, 5.41) is 2.93. The number of thioether (sulfide) groups is 1. The molecule has 0 aliphatic rings. The Kier molecular flexibility index (Phi) is 4.69. The van der Waals surface area contributed by atoms with Crippen molar-refractivity contribution >= 4 is 23.4 Å². The topological polar surface area (TPSA) is 38.3 Å². The van der Waals surface area contributed by atoms with E-state index in [0.717, 1.165) is 21.9 Å². The SMILES string of the molecule is COc1cc(C(=O)Nc2ccccc2SC)ccc1C. The number of para-hydroxylation sites is 1. The van der Waals surface area contributed by atoms with Gasteiger partial charge in [0.05, 0.1) is 12.8 Å². The van der Waals surface area contributed by atoms with Gasteiger partial charge < -0.3 is 10.1 Å². The largest absolute Gasteiger partial charge is 0.496 e. The molecule has 0 radical (unpaired) electrons. The van der Waals surface area contributed by atoms with Gasteiger partial charge >= 0.3 is 0 Å². The van der Waals surface area contributed by atoms with Crippen molar-refractivity contribution in [3.8, 4) is 5.75 Å². The first-order valence-electron chi connectivity index (χ1n) is 6.24. The highest BCUT2D eigenvalue weighted by Gasteiger charge is 2.10. The Morgan fingerprint density at radius 2 is 1.95 bits per heavy atom. The van der Waals surface area contributed by atoms with Gasteiger partial charge in [-0.3, -0.25) is 4.79 Å². The molecule has 0 saturated heterocycles. The molecule has 104 valence electrons. The number of benzene rings is 2. The Hall–Kier alpha value is -1.94. The minimum absolute atomic E-state index is 0.134. The number of nitrogens with one attached hydrogen (secondary N) is 1. The molecule has 0 bridgehead atoms. The normalized spacial score (nSPS) is 10.2. The van der Waals surface area contributed by atoms with Crippen LogP contribution in [-0.2, 0) is 0 Å². The standard InChI is InChI=1S/C16H17NO2S/c1-11-8-9-12(10-14(11)19-2)16(18)17-13-6-4-5-7-15(13)20-3/h4-10H,1-3H3,(H,17,18). The smallest absolute Gasteiger partial charge is 0.255 e. The zero-order valence-electron chi connectivity index (χ0n) is 11.8. The molecule has 0 saturated carbocycles. The molecule has 2 aromatic carbocycles. The van der Waals surface area contributed by atoms with Crippen molar-refractivity contribution < 1.29 is 9.53 Å². The van der Waals surface area contributed by atoms with E-state index in [1.54, 1.807) is 31.0 Å². The highest BCUT2D eigenvalue weighted by Crippen LogP contribution is 2.26. The predicted octanol–water partition coefficient (Wildman–Crippen LogP) is 3.98.